The number of amides is 1. The second-order valence-electron chi connectivity index (χ2n) is 5.79. The van der Waals surface area contributed by atoms with Gasteiger partial charge in [0.1, 0.15) is 0 Å². The Morgan fingerprint density at radius 2 is 2.00 bits per heavy atom. The predicted octanol–water partition coefficient (Wildman–Crippen LogP) is 1.32. The highest BCUT2D eigenvalue weighted by atomic mass is 16.5. The average Bonchev–Trinajstić information content (AvgIpc) is 2.68. The van der Waals surface area contributed by atoms with E-state index in [-0.39, 0.29) is 17.9 Å². The summed E-state index contributed by atoms with van der Waals surface area (Å²) in [6, 6.07) is 0. The van der Waals surface area contributed by atoms with E-state index in [1.807, 2.05) is 6.92 Å². The lowest BCUT2D eigenvalue weighted by molar-refractivity contribution is -0.157. The van der Waals surface area contributed by atoms with Gasteiger partial charge in [-0.05, 0) is 32.6 Å². The van der Waals surface area contributed by atoms with E-state index < -0.39 is 11.4 Å². The van der Waals surface area contributed by atoms with Gasteiger partial charge in [0.25, 0.3) is 0 Å². The Balaban J connectivity index is 1.80. The van der Waals surface area contributed by atoms with Crippen LogP contribution < -0.4 is 5.32 Å². The van der Waals surface area contributed by atoms with E-state index in [1.165, 1.54) is 0 Å². The van der Waals surface area contributed by atoms with E-state index in [0.717, 1.165) is 25.9 Å². The summed E-state index contributed by atoms with van der Waals surface area (Å²) < 4.78 is 5.58. The fraction of sp³-hybridized carbons (Fsp3) is 0.846. The van der Waals surface area contributed by atoms with Crippen molar-refractivity contribution in [2.45, 2.75) is 51.0 Å². The van der Waals surface area contributed by atoms with Crippen molar-refractivity contribution in [1.82, 2.24) is 5.32 Å². The zero-order chi connectivity index (χ0) is 13.2. The van der Waals surface area contributed by atoms with Gasteiger partial charge in [-0.25, -0.2) is 0 Å². The second-order valence-corrected chi connectivity index (χ2v) is 5.79. The molecule has 0 aromatic heterocycles. The van der Waals surface area contributed by atoms with Crippen molar-refractivity contribution in [1.29, 1.82) is 0 Å². The van der Waals surface area contributed by atoms with Crippen LogP contribution in [0.4, 0.5) is 0 Å². The smallest absolute Gasteiger partial charge is 0.310 e. The minimum Gasteiger partial charge on any atom is -0.481 e. The van der Waals surface area contributed by atoms with Crippen molar-refractivity contribution in [2.75, 3.05) is 13.2 Å². The molecule has 0 aromatic carbocycles. The largest absolute Gasteiger partial charge is 0.481 e. The molecule has 102 valence electrons. The number of carboxylic acids is 1. The zero-order valence-corrected chi connectivity index (χ0v) is 10.8. The fourth-order valence-electron chi connectivity index (χ4n) is 2.70. The number of nitrogens with one attached hydrogen (secondary N) is 1. The number of carbonyl (C=O) groups is 2. The van der Waals surface area contributed by atoms with Crippen molar-refractivity contribution in [3.63, 3.8) is 0 Å². The highest BCUT2D eigenvalue weighted by Crippen LogP contribution is 2.44. The fourth-order valence-corrected chi connectivity index (χ4v) is 2.70. The Kier molecular flexibility index (Phi) is 3.61. The van der Waals surface area contributed by atoms with Crippen molar-refractivity contribution < 1.29 is 19.4 Å². The van der Waals surface area contributed by atoms with Crippen LogP contribution in [-0.2, 0) is 14.3 Å². The molecule has 1 aliphatic heterocycles. The number of ether oxygens (including phenoxy) is 1. The SMILES string of the molecule is CC1(CNC(=O)CC2(C(=O)O)CCC2)CCCO1. The molecule has 1 saturated heterocycles. The van der Waals surface area contributed by atoms with Gasteiger partial charge in [-0.3, -0.25) is 9.59 Å². The summed E-state index contributed by atoms with van der Waals surface area (Å²) in [6.45, 7) is 3.20. The third-order valence-corrected chi connectivity index (χ3v) is 4.22. The molecule has 0 radical (unpaired) electrons. The standard InChI is InChI=1S/C13H21NO4/c1-12(4-3-7-18-12)9-14-10(15)8-13(11(16)17)5-2-6-13/h2-9H2,1H3,(H,14,15)(H,16,17). The number of rotatable bonds is 5. The molecular weight excluding hydrogens is 234 g/mol. The maximum atomic E-state index is 11.8. The predicted molar refractivity (Wildman–Crippen MR) is 65.1 cm³/mol. The zero-order valence-electron chi connectivity index (χ0n) is 10.8. The molecule has 2 rings (SSSR count). The van der Waals surface area contributed by atoms with Crippen LogP contribution in [0, 0.1) is 5.41 Å². The van der Waals surface area contributed by atoms with Crippen LogP contribution >= 0.6 is 0 Å². The summed E-state index contributed by atoms with van der Waals surface area (Å²) in [5.41, 5.74) is -1.08. The molecule has 18 heavy (non-hydrogen) atoms. The molecule has 5 heteroatoms. The quantitative estimate of drug-likeness (QED) is 0.776. The van der Waals surface area contributed by atoms with Crippen molar-refractivity contribution in [3.8, 4) is 0 Å². The molecule has 1 saturated carbocycles. The summed E-state index contributed by atoms with van der Waals surface area (Å²) in [5, 5.41) is 12.0. The Labute approximate surface area is 107 Å². The molecule has 0 bridgehead atoms. The molecule has 0 spiro atoms. The van der Waals surface area contributed by atoms with Crippen LogP contribution in [0.5, 0.6) is 0 Å². The first-order valence-electron chi connectivity index (χ1n) is 6.60. The number of aliphatic carboxylic acids is 1. The van der Waals surface area contributed by atoms with Crippen LogP contribution in [0.3, 0.4) is 0 Å². The van der Waals surface area contributed by atoms with E-state index in [9.17, 15) is 9.59 Å². The average molecular weight is 255 g/mol. The van der Waals surface area contributed by atoms with Crippen molar-refractivity contribution >= 4 is 11.9 Å². The van der Waals surface area contributed by atoms with Gasteiger partial charge in [-0.2, -0.15) is 0 Å². The van der Waals surface area contributed by atoms with Gasteiger partial charge in [0, 0.05) is 19.6 Å². The molecule has 2 fully saturated rings. The minimum absolute atomic E-state index is 0.0956. The number of hydrogen-bond acceptors (Lipinski definition) is 3. The lowest BCUT2D eigenvalue weighted by atomic mass is 9.66. The summed E-state index contributed by atoms with van der Waals surface area (Å²) >= 11 is 0. The molecule has 1 unspecified atom stereocenters. The van der Waals surface area contributed by atoms with Crippen LogP contribution in [0.15, 0.2) is 0 Å². The van der Waals surface area contributed by atoms with Gasteiger partial charge in [-0.1, -0.05) is 6.42 Å². The maximum absolute atomic E-state index is 11.8. The van der Waals surface area contributed by atoms with E-state index in [4.69, 9.17) is 9.84 Å². The monoisotopic (exact) mass is 255 g/mol. The summed E-state index contributed by atoms with van der Waals surface area (Å²) in [6.07, 6.45) is 4.19. The number of carboxylic acid groups (broad SMARTS) is 1. The molecular formula is C13H21NO4. The van der Waals surface area contributed by atoms with Crippen molar-refractivity contribution in [2.24, 2.45) is 5.41 Å². The Bertz CT molecular complexity index is 343. The topological polar surface area (TPSA) is 75.6 Å². The van der Waals surface area contributed by atoms with Gasteiger partial charge >= 0.3 is 5.97 Å². The lowest BCUT2D eigenvalue weighted by Crippen LogP contribution is -2.45. The first kappa shape index (κ1) is 13.3. The molecule has 1 aliphatic carbocycles. The first-order valence-corrected chi connectivity index (χ1v) is 6.60. The molecule has 0 aromatic rings. The first-order chi connectivity index (χ1) is 8.46. The summed E-state index contributed by atoms with van der Waals surface area (Å²) in [5.74, 6) is -1.01. The van der Waals surface area contributed by atoms with E-state index in [2.05, 4.69) is 5.32 Å². The van der Waals surface area contributed by atoms with Gasteiger partial charge in [0.05, 0.1) is 11.0 Å². The third kappa shape index (κ3) is 2.66. The molecule has 1 heterocycles. The van der Waals surface area contributed by atoms with E-state index in [0.29, 0.717) is 19.4 Å². The Morgan fingerprint density at radius 1 is 1.28 bits per heavy atom. The number of carbonyl (C=O) groups excluding carboxylic acids is 1. The third-order valence-electron chi connectivity index (χ3n) is 4.22. The van der Waals surface area contributed by atoms with E-state index >= 15 is 0 Å². The molecule has 5 nitrogen and oxygen atoms in total. The molecule has 2 aliphatic rings. The summed E-state index contributed by atoms with van der Waals surface area (Å²) in [4.78, 5) is 23.0. The van der Waals surface area contributed by atoms with Gasteiger partial charge in [0.2, 0.25) is 5.91 Å². The van der Waals surface area contributed by atoms with Gasteiger partial charge in [-0.15, -0.1) is 0 Å². The minimum atomic E-state index is -0.841. The highest BCUT2D eigenvalue weighted by Gasteiger charge is 2.46. The maximum Gasteiger partial charge on any atom is 0.310 e. The Hall–Kier alpha value is -1.10. The lowest BCUT2D eigenvalue weighted by Gasteiger charge is -2.37. The van der Waals surface area contributed by atoms with Crippen LogP contribution in [0.1, 0.15) is 45.4 Å². The normalized spacial score (nSPS) is 29.6. The molecule has 1 atom stereocenters. The van der Waals surface area contributed by atoms with Gasteiger partial charge < -0.3 is 15.2 Å². The van der Waals surface area contributed by atoms with Crippen LogP contribution in [0.2, 0.25) is 0 Å². The molecule has 1 amide bonds. The van der Waals surface area contributed by atoms with Crippen LogP contribution in [0.25, 0.3) is 0 Å². The highest BCUT2D eigenvalue weighted by molar-refractivity contribution is 5.85. The van der Waals surface area contributed by atoms with Gasteiger partial charge in [0.15, 0.2) is 0 Å². The second kappa shape index (κ2) is 4.88. The van der Waals surface area contributed by atoms with Crippen LogP contribution in [-0.4, -0.2) is 35.7 Å². The van der Waals surface area contributed by atoms with Crippen molar-refractivity contribution in [3.05, 3.63) is 0 Å². The number of hydrogen-bond donors (Lipinski definition) is 2. The Morgan fingerprint density at radius 3 is 2.44 bits per heavy atom. The van der Waals surface area contributed by atoms with E-state index in [1.54, 1.807) is 0 Å². The molecule has 2 N–H and O–H groups in total. The summed E-state index contributed by atoms with van der Waals surface area (Å²) in [7, 11) is 0.